The summed E-state index contributed by atoms with van der Waals surface area (Å²) in [6.45, 7) is 1.68. The Bertz CT molecular complexity index is 669. The Balaban J connectivity index is 2.25. The largest absolute Gasteiger partial charge is 0.241 e. The summed E-state index contributed by atoms with van der Waals surface area (Å²) in [6.07, 6.45) is 0. The van der Waals surface area contributed by atoms with E-state index in [0.717, 1.165) is 17.0 Å². The van der Waals surface area contributed by atoms with Crippen LogP contribution >= 0.6 is 11.3 Å². The van der Waals surface area contributed by atoms with Gasteiger partial charge < -0.3 is 0 Å². The van der Waals surface area contributed by atoms with Gasteiger partial charge in [-0.15, -0.1) is 11.3 Å². The van der Waals surface area contributed by atoms with E-state index < -0.39 is 27.7 Å². The number of sulfonamides is 1. The molecule has 0 aliphatic rings. The van der Waals surface area contributed by atoms with Crippen LogP contribution in [-0.2, 0) is 10.0 Å². The highest BCUT2D eigenvalue weighted by Crippen LogP contribution is 2.21. The summed E-state index contributed by atoms with van der Waals surface area (Å²) in [6, 6.07) is 5.66. The molecule has 1 N–H and O–H groups in total. The summed E-state index contributed by atoms with van der Waals surface area (Å²) >= 11 is 1.41. The molecule has 1 unspecified atom stereocenters. The van der Waals surface area contributed by atoms with Crippen molar-refractivity contribution in [3.63, 3.8) is 0 Å². The molecular formula is C12H11F2NO2S2. The average Bonchev–Trinajstić information content (AvgIpc) is 2.85. The van der Waals surface area contributed by atoms with Gasteiger partial charge in [0.2, 0.25) is 10.0 Å². The highest BCUT2D eigenvalue weighted by atomic mass is 32.2. The summed E-state index contributed by atoms with van der Waals surface area (Å²) in [5.41, 5.74) is 0. The van der Waals surface area contributed by atoms with Gasteiger partial charge in [-0.2, -0.15) is 0 Å². The Kier molecular flexibility index (Phi) is 3.98. The van der Waals surface area contributed by atoms with Crippen LogP contribution in [0.25, 0.3) is 0 Å². The Labute approximate surface area is 114 Å². The Morgan fingerprint density at radius 3 is 2.53 bits per heavy atom. The number of rotatable bonds is 4. The monoisotopic (exact) mass is 303 g/mol. The van der Waals surface area contributed by atoms with Crippen molar-refractivity contribution in [1.82, 2.24) is 4.72 Å². The molecule has 0 amide bonds. The minimum Gasteiger partial charge on any atom is -0.207 e. The van der Waals surface area contributed by atoms with Crippen molar-refractivity contribution in [1.29, 1.82) is 0 Å². The molecule has 1 heterocycles. The third-order valence-electron chi connectivity index (χ3n) is 2.50. The molecule has 0 fully saturated rings. The van der Waals surface area contributed by atoms with Crippen LogP contribution in [0.4, 0.5) is 8.78 Å². The molecule has 0 aliphatic carbocycles. The fourth-order valence-corrected chi connectivity index (χ4v) is 3.58. The first-order chi connectivity index (χ1) is 8.90. The molecule has 1 aromatic carbocycles. The maximum atomic E-state index is 13.1. The molecule has 1 aromatic heterocycles. The van der Waals surface area contributed by atoms with Crippen LogP contribution in [0.15, 0.2) is 40.6 Å². The van der Waals surface area contributed by atoms with Crippen molar-refractivity contribution in [3.8, 4) is 0 Å². The topological polar surface area (TPSA) is 46.2 Å². The van der Waals surface area contributed by atoms with E-state index in [1.807, 2.05) is 11.4 Å². The fourth-order valence-electron chi connectivity index (χ4n) is 1.54. The number of hydrogen-bond donors (Lipinski definition) is 1. The zero-order valence-electron chi connectivity index (χ0n) is 9.93. The Morgan fingerprint density at radius 1 is 1.21 bits per heavy atom. The lowest BCUT2D eigenvalue weighted by atomic mass is 10.3. The SMILES string of the molecule is CC(NS(=O)(=O)c1ccc(F)c(F)c1)c1cccs1. The molecule has 0 radical (unpaired) electrons. The first kappa shape index (κ1) is 14.1. The maximum Gasteiger partial charge on any atom is 0.241 e. The predicted molar refractivity (Wildman–Crippen MR) is 69.4 cm³/mol. The van der Waals surface area contributed by atoms with Crippen LogP contribution in [-0.4, -0.2) is 8.42 Å². The number of hydrogen-bond acceptors (Lipinski definition) is 3. The van der Waals surface area contributed by atoms with Crippen LogP contribution in [0.2, 0.25) is 0 Å². The number of halogens is 2. The first-order valence-corrected chi connectivity index (χ1v) is 7.77. The van der Waals surface area contributed by atoms with Crippen molar-refractivity contribution in [2.45, 2.75) is 17.9 Å². The molecule has 0 spiro atoms. The summed E-state index contributed by atoms with van der Waals surface area (Å²) in [4.78, 5) is 0.543. The minimum absolute atomic E-state index is 0.296. The number of benzene rings is 1. The van der Waals surface area contributed by atoms with E-state index in [4.69, 9.17) is 0 Å². The number of nitrogens with one attached hydrogen (secondary N) is 1. The highest BCUT2D eigenvalue weighted by Gasteiger charge is 2.20. The third-order valence-corrected chi connectivity index (χ3v) is 5.10. The summed E-state index contributed by atoms with van der Waals surface area (Å²) < 4.78 is 52.3. The molecular weight excluding hydrogens is 292 g/mol. The second-order valence-electron chi connectivity index (χ2n) is 3.93. The maximum absolute atomic E-state index is 13.1. The molecule has 0 saturated heterocycles. The van der Waals surface area contributed by atoms with Crippen LogP contribution in [0.5, 0.6) is 0 Å². The van der Waals surface area contributed by atoms with E-state index in [2.05, 4.69) is 4.72 Å². The number of thiophene rings is 1. The van der Waals surface area contributed by atoms with E-state index >= 15 is 0 Å². The fraction of sp³-hybridized carbons (Fsp3) is 0.167. The smallest absolute Gasteiger partial charge is 0.207 e. The van der Waals surface area contributed by atoms with Gasteiger partial charge in [-0.25, -0.2) is 21.9 Å². The molecule has 2 aromatic rings. The molecule has 0 aliphatic heterocycles. The normalized spacial score (nSPS) is 13.4. The van der Waals surface area contributed by atoms with Crippen molar-refractivity contribution in [3.05, 3.63) is 52.2 Å². The second kappa shape index (κ2) is 5.36. The molecule has 0 saturated carbocycles. The van der Waals surface area contributed by atoms with E-state index in [1.165, 1.54) is 11.3 Å². The molecule has 0 bridgehead atoms. The van der Waals surface area contributed by atoms with Crippen LogP contribution in [0.3, 0.4) is 0 Å². The average molecular weight is 303 g/mol. The van der Waals surface area contributed by atoms with Gasteiger partial charge in [0, 0.05) is 4.88 Å². The summed E-state index contributed by atoms with van der Waals surface area (Å²) in [7, 11) is -3.87. The molecule has 19 heavy (non-hydrogen) atoms. The van der Waals surface area contributed by atoms with E-state index in [9.17, 15) is 17.2 Å². The van der Waals surface area contributed by atoms with Gasteiger partial charge >= 0.3 is 0 Å². The summed E-state index contributed by atoms with van der Waals surface area (Å²) in [5.74, 6) is -2.27. The third kappa shape index (κ3) is 3.17. The van der Waals surface area contributed by atoms with E-state index in [0.29, 0.717) is 6.07 Å². The van der Waals surface area contributed by atoms with Gasteiger partial charge in [-0.05, 0) is 36.6 Å². The van der Waals surface area contributed by atoms with Crippen molar-refractivity contribution in [2.75, 3.05) is 0 Å². The molecule has 2 rings (SSSR count). The zero-order chi connectivity index (χ0) is 14.0. The highest BCUT2D eigenvalue weighted by molar-refractivity contribution is 7.89. The predicted octanol–water partition coefficient (Wildman–Crippen LogP) is 3.07. The van der Waals surface area contributed by atoms with Crippen molar-refractivity contribution < 1.29 is 17.2 Å². The van der Waals surface area contributed by atoms with Crippen molar-refractivity contribution in [2.24, 2.45) is 0 Å². The lowest BCUT2D eigenvalue weighted by Crippen LogP contribution is -2.26. The van der Waals surface area contributed by atoms with Crippen molar-refractivity contribution >= 4 is 21.4 Å². The second-order valence-corrected chi connectivity index (χ2v) is 6.63. The van der Waals surface area contributed by atoms with Gasteiger partial charge in [-0.1, -0.05) is 6.07 Å². The van der Waals surface area contributed by atoms with Crippen LogP contribution in [0.1, 0.15) is 17.8 Å². The standard InChI is InChI=1S/C12H11F2NO2S2/c1-8(12-3-2-6-18-12)15-19(16,17)9-4-5-10(13)11(14)7-9/h2-8,15H,1H3. The molecule has 102 valence electrons. The van der Waals surface area contributed by atoms with Gasteiger partial charge in [0.1, 0.15) is 0 Å². The lowest BCUT2D eigenvalue weighted by molar-refractivity contribution is 0.503. The Hall–Kier alpha value is -1.31. The van der Waals surface area contributed by atoms with E-state index in [1.54, 1.807) is 13.0 Å². The van der Waals surface area contributed by atoms with Crippen LogP contribution in [0, 0.1) is 11.6 Å². The summed E-state index contributed by atoms with van der Waals surface area (Å²) in [5, 5.41) is 1.83. The van der Waals surface area contributed by atoms with E-state index in [-0.39, 0.29) is 4.90 Å². The minimum atomic E-state index is -3.87. The Morgan fingerprint density at radius 2 is 1.95 bits per heavy atom. The zero-order valence-corrected chi connectivity index (χ0v) is 11.6. The van der Waals surface area contributed by atoms with Gasteiger partial charge in [0.25, 0.3) is 0 Å². The first-order valence-electron chi connectivity index (χ1n) is 5.41. The molecule has 7 heteroatoms. The molecule has 1 atom stereocenters. The lowest BCUT2D eigenvalue weighted by Gasteiger charge is -2.12. The van der Waals surface area contributed by atoms with Gasteiger partial charge in [-0.3, -0.25) is 0 Å². The van der Waals surface area contributed by atoms with Gasteiger partial charge in [0.05, 0.1) is 10.9 Å². The van der Waals surface area contributed by atoms with Gasteiger partial charge in [0.15, 0.2) is 11.6 Å². The van der Waals surface area contributed by atoms with Crippen LogP contribution < -0.4 is 4.72 Å². The quantitative estimate of drug-likeness (QED) is 0.943. The molecule has 3 nitrogen and oxygen atoms in total.